The summed E-state index contributed by atoms with van der Waals surface area (Å²) in [6.07, 6.45) is 9.34. The Morgan fingerprint density at radius 2 is 0.902 bits per heavy atom. The summed E-state index contributed by atoms with van der Waals surface area (Å²) in [6, 6.07) is 0. The van der Waals surface area contributed by atoms with Crippen molar-refractivity contribution in [3.05, 3.63) is 23.3 Å². The molecule has 0 rings (SSSR count). The summed E-state index contributed by atoms with van der Waals surface area (Å²) in [6.45, 7) is 22.3. The van der Waals surface area contributed by atoms with E-state index in [9.17, 15) is 39.6 Å². The van der Waals surface area contributed by atoms with Gasteiger partial charge in [-0.1, -0.05) is 79.1 Å². The molecule has 8 nitrogen and oxygen atoms in total. The summed E-state index contributed by atoms with van der Waals surface area (Å²) >= 11 is -0.528. The molecule has 0 saturated heterocycles. The first kappa shape index (κ1) is 43.6. The first-order valence-electron chi connectivity index (χ1n) is 15.0. The van der Waals surface area contributed by atoms with Crippen LogP contribution in [0.5, 0.6) is 0 Å². The van der Waals surface area contributed by atoms with Gasteiger partial charge in [0.15, 0.2) is 0 Å². The molecule has 0 aliphatic carbocycles. The molecule has 2 unspecified atom stereocenters. The van der Waals surface area contributed by atoms with E-state index in [-0.39, 0.29) is 35.8 Å². The van der Waals surface area contributed by atoms with Gasteiger partial charge in [0, 0.05) is 0 Å². The molecule has 41 heavy (non-hydrogen) atoms. The second-order valence-electron chi connectivity index (χ2n) is 13.1. The topological polar surface area (TPSA) is 161 Å². The van der Waals surface area contributed by atoms with Gasteiger partial charge in [0.05, 0.1) is 23.9 Å². The Labute approximate surface area is 259 Å². The molecule has 0 bridgehead atoms. The van der Waals surface area contributed by atoms with E-state index in [4.69, 9.17) is 0 Å². The van der Waals surface area contributed by atoms with E-state index in [1.54, 1.807) is 0 Å². The number of aliphatic carboxylic acids is 4. The zero-order valence-electron chi connectivity index (χ0n) is 27.4. The molecule has 0 saturated carbocycles. The summed E-state index contributed by atoms with van der Waals surface area (Å²) in [4.78, 5) is 42.0. The van der Waals surface area contributed by atoms with Gasteiger partial charge in [0.2, 0.25) is 0 Å². The van der Waals surface area contributed by atoms with Crippen LogP contribution in [0.1, 0.15) is 133 Å². The van der Waals surface area contributed by atoms with Crippen molar-refractivity contribution in [1.29, 1.82) is 0 Å². The van der Waals surface area contributed by atoms with Gasteiger partial charge in [-0.05, 0) is 48.0 Å². The molecule has 0 aromatic carbocycles. The molecule has 9 heteroatoms. The SMILES string of the molecule is CCCCC(CC)C/C(=C/C(=O)[O-])C(=O)[O-].CCCCC(CC)C/C(=C/C(=O)[O-])C(=O)[O-].C[C](C)(C)[SnH2+4][C](C)(C)C. The van der Waals surface area contributed by atoms with Crippen LogP contribution >= 0.6 is 0 Å². The Balaban J connectivity index is -0.000000551. The van der Waals surface area contributed by atoms with Gasteiger partial charge >= 0.3 is 69.5 Å². The molecule has 0 heterocycles. The number of carbonyl (C=O) groups excluding carboxylic acids is 4. The third-order valence-electron chi connectivity index (χ3n) is 6.27. The van der Waals surface area contributed by atoms with E-state index in [1.807, 2.05) is 13.8 Å². The molecule has 0 fully saturated rings. The standard InChI is InChI=1S/2C12H20O4.2C4H9.Sn.2H/c2*1-3-5-6-9(4-2)7-10(12(15)16)8-11(13)14;2*1-4(2)3;;;/h2*8-9H,3-7H2,1-2H3,(H,13,14)(H,15,16);2*1-3H3;;;/q;;;;+4;;/p-4/b2*10-8-;;;;;. The molecular weight excluding hydrogens is 631 g/mol. The fourth-order valence-corrected chi connectivity index (χ4v) is 13.9. The monoisotopic (exact) mass is 688 g/mol. The fourth-order valence-electron chi connectivity index (χ4n) is 4.79. The van der Waals surface area contributed by atoms with Crippen LogP contribution < -0.4 is 20.4 Å². The Hall–Kier alpha value is -1.84. The van der Waals surface area contributed by atoms with Gasteiger partial charge in [0.25, 0.3) is 0 Å². The van der Waals surface area contributed by atoms with Crippen molar-refractivity contribution in [3.8, 4) is 0 Å². The average molecular weight is 688 g/mol. The fraction of sp³-hybridized carbons (Fsp3) is 0.750. The molecule has 0 N–H and O–H groups in total. The number of rotatable bonds is 16. The van der Waals surface area contributed by atoms with Crippen molar-refractivity contribution in [2.75, 3.05) is 0 Å². The normalized spacial score (nSPS) is 13.6. The van der Waals surface area contributed by atoms with E-state index < -0.39 is 45.0 Å². The second-order valence-corrected chi connectivity index (χ2v) is 26.2. The van der Waals surface area contributed by atoms with Gasteiger partial charge in [-0.25, -0.2) is 0 Å². The van der Waals surface area contributed by atoms with E-state index in [0.717, 1.165) is 51.4 Å². The van der Waals surface area contributed by atoms with Gasteiger partial charge in [-0.15, -0.1) is 0 Å². The number of hydrogen-bond acceptors (Lipinski definition) is 8. The summed E-state index contributed by atoms with van der Waals surface area (Å²) in [5, 5.41) is 42.0. The van der Waals surface area contributed by atoms with Gasteiger partial charge in [-0.3, -0.25) is 0 Å². The van der Waals surface area contributed by atoms with E-state index >= 15 is 0 Å². The summed E-state index contributed by atoms with van der Waals surface area (Å²) < 4.78 is 1.39. The third-order valence-corrected chi connectivity index (χ3v) is 12.3. The van der Waals surface area contributed by atoms with E-state index in [2.05, 4.69) is 55.4 Å². The molecule has 0 amide bonds. The van der Waals surface area contributed by atoms with Crippen LogP contribution in [0.25, 0.3) is 0 Å². The number of carboxylic acid groups (broad SMARTS) is 4. The van der Waals surface area contributed by atoms with Crippen molar-refractivity contribution in [3.63, 3.8) is 0 Å². The molecule has 0 aliphatic heterocycles. The zero-order chi connectivity index (χ0) is 32.8. The third kappa shape index (κ3) is 30.9. The molecule has 0 spiro atoms. The van der Waals surface area contributed by atoms with Crippen LogP contribution in [-0.4, -0.2) is 45.0 Å². The molecule has 236 valence electrons. The second kappa shape index (κ2) is 23.7. The molecular formula is C32H56O8Sn. The van der Waals surface area contributed by atoms with Gasteiger partial charge in [0.1, 0.15) is 0 Å². The van der Waals surface area contributed by atoms with Crippen LogP contribution in [0.4, 0.5) is 0 Å². The molecule has 2 atom stereocenters. The Bertz CT molecular complexity index is 764. The maximum absolute atomic E-state index is 10.7. The van der Waals surface area contributed by atoms with Crippen molar-refractivity contribution < 1.29 is 39.6 Å². The number of carboxylic acids is 4. The van der Waals surface area contributed by atoms with Crippen LogP contribution in [0, 0.1) is 11.8 Å². The van der Waals surface area contributed by atoms with Crippen LogP contribution in [0.15, 0.2) is 23.3 Å². The average Bonchev–Trinajstić information content (AvgIpc) is 2.80. The van der Waals surface area contributed by atoms with Crippen LogP contribution in [0.2, 0.25) is 6.86 Å². The van der Waals surface area contributed by atoms with Crippen molar-refractivity contribution >= 4 is 45.0 Å². The quantitative estimate of drug-likeness (QED) is 0.177. The van der Waals surface area contributed by atoms with Crippen molar-refractivity contribution in [2.24, 2.45) is 11.8 Å². The van der Waals surface area contributed by atoms with Crippen LogP contribution in [-0.2, 0) is 19.2 Å². The van der Waals surface area contributed by atoms with Crippen LogP contribution in [0.3, 0.4) is 0 Å². The predicted molar refractivity (Wildman–Crippen MR) is 160 cm³/mol. The van der Waals surface area contributed by atoms with Crippen molar-refractivity contribution in [2.45, 2.75) is 140 Å². The minimum atomic E-state index is -1.48. The Morgan fingerprint density at radius 1 is 0.610 bits per heavy atom. The minimum absolute atomic E-state index is 0.178. The van der Waals surface area contributed by atoms with E-state index in [1.165, 1.54) is 0 Å². The Morgan fingerprint density at radius 3 is 1.05 bits per heavy atom. The summed E-state index contributed by atoms with van der Waals surface area (Å²) in [5.41, 5.74) is -0.356. The van der Waals surface area contributed by atoms with Crippen molar-refractivity contribution in [1.82, 2.24) is 0 Å². The Kier molecular flexibility index (Phi) is 25.2. The predicted octanol–water partition coefficient (Wildman–Crippen LogP) is 2.63. The number of unbranched alkanes of at least 4 members (excludes halogenated alkanes) is 2. The molecule has 0 aliphatic rings. The zero-order valence-corrected chi connectivity index (χ0v) is 31.4. The maximum atomic E-state index is 10.7. The molecule has 0 aromatic heterocycles. The number of carbonyl (C=O) groups is 4. The number of hydrogen-bond donors (Lipinski definition) is 0. The molecule has 4 radical (unpaired) electrons. The van der Waals surface area contributed by atoms with E-state index in [0.29, 0.717) is 19.0 Å². The van der Waals surface area contributed by atoms with Gasteiger partial charge in [-0.2, -0.15) is 0 Å². The first-order valence-corrected chi connectivity index (χ1v) is 19.0. The summed E-state index contributed by atoms with van der Waals surface area (Å²) in [7, 11) is 0. The molecule has 0 aromatic rings. The first-order chi connectivity index (χ1) is 18.7. The van der Waals surface area contributed by atoms with Gasteiger partial charge < -0.3 is 39.6 Å². The summed E-state index contributed by atoms with van der Waals surface area (Å²) in [5.74, 6) is -5.40.